The number of amides is 1. The Hall–Kier alpha value is -3.74. The van der Waals surface area contributed by atoms with E-state index in [0.29, 0.717) is 23.5 Å². The van der Waals surface area contributed by atoms with Crippen molar-refractivity contribution in [2.45, 2.75) is 30.7 Å². The van der Waals surface area contributed by atoms with Crippen LogP contribution in [-0.2, 0) is 27.8 Å². The average molecular weight is 497 g/mol. The number of rotatable bonds is 6. The van der Waals surface area contributed by atoms with Crippen molar-refractivity contribution in [3.63, 3.8) is 0 Å². The largest absolute Gasteiger partial charge is 0.325 e. The summed E-state index contributed by atoms with van der Waals surface area (Å²) in [5.74, 6) is -0.589. The summed E-state index contributed by atoms with van der Waals surface area (Å²) in [7, 11) is -3.60. The third kappa shape index (κ3) is 4.96. The van der Waals surface area contributed by atoms with Gasteiger partial charge >= 0.3 is 0 Å². The minimum Gasteiger partial charge on any atom is -0.325 e. The second kappa shape index (κ2) is 10.1. The Labute approximate surface area is 212 Å². The topological polar surface area (TPSA) is 66.5 Å². The van der Waals surface area contributed by atoms with E-state index < -0.39 is 15.9 Å². The van der Waals surface area contributed by atoms with Gasteiger partial charge in [-0.3, -0.25) is 4.79 Å². The Morgan fingerprint density at radius 2 is 1.42 bits per heavy atom. The van der Waals surface area contributed by atoms with E-state index in [-0.39, 0.29) is 12.5 Å². The number of aryl methyl sites for hydroxylation is 1. The number of carbonyl (C=O) groups excluding carboxylic acids is 1. The van der Waals surface area contributed by atoms with E-state index in [1.807, 2.05) is 97.9 Å². The molecule has 1 N–H and O–H groups in total. The standard InChI is InChI=1S/C30H28N2O3S/c1-22-12-16-28(17-13-22)36(34,35)32-19-18-23-14-15-27(20-26(23)21-32)31-30(33)29(24-8-4-2-5-9-24)25-10-6-3-7-11-25/h2-17,20,29H,18-19,21H2,1H3,(H,31,33). The molecule has 0 fully saturated rings. The van der Waals surface area contributed by atoms with Crippen molar-refractivity contribution >= 4 is 21.6 Å². The van der Waals surface area contributed by atoms with Crippen molar-refractivity contribution < 1.29 is 13.2 Å². The Kier molecular flexibility index (Phi) is 6.72. The highest BCUT2D eigenvalue weighted by atomic mass is 32.2. The summed E-state index contributed by atoms with van der Waals surface area (Å²) in [4.78, 5) is 13.8. The first-order valence-corrected chi connectivity index (χ1v) is 13.5. The normalized spacial score (nSPS) is 13.8. The molecule has 0 bridgehead atoms. The van der Waals surface area contributed by atoms with Crippen molar-refractivity contribution in [2.24, 2.45) is 0 Å². The molecule has 0 spiro atoms. The van der Waals surface area contributed by atoms with E-state index in [9.17, 15) is 13.2 Å². The molecule has 36 heavy (non-hydrogen) atoms. The first-order chi connectivity index (χ1) is 17.4. The highest BCUT2D eigenvalue weighted by molar-refractivity contribution is 7.89. The van der Waals surface area contributed by atoms with Gasteiger partial charge in [-0.15, -0.1) is 0 Å². The minimum absolute atomic E-state index is 0.132. The number of nitrogens with zero attached hydrogens (tertiary/aromatic N) is 1. The molecule has 0 unspecified atom stereocenters. The number of hydrogen-bond donors (Lipinski definition) is 1. The highest BCUT2D eigenvalue weighted by Gasteiger charge is 2.29. The van der Waals surface area contributed by atoms with E-state index in [0.717, 1.165) is 27.8 Å². The van der Waals surface area contributed by atoms with Crippen LogP contribution < -0.4 is 5.32 Å². The van der Waals surface area contributed by atoms with Gasteiger partial charge in [-0.2, -0.15) is 4.31 Å². The number of nitrogens with one attached hydrogen (secondary N) is 1. The maximum atomic E-state index is 13.5. The SMILES string of the molecule is Cc1ccc(S(=O)(=O)N2CCc3ccc(NC(=O)C(c4ccccc4)c4ccccc4)cc3C2)cc1. The van der Waals surface area contributed by atoms with E-state index in [1.165, 1.54) is 4.31 Å². The Morgan fingerprint density at radius 3 is 2.03 bits per heavy atom. The minimum atomic E-state index is -3.60. The molecular weight excluding hydrogens is 468 g/mol. The van der Waals surface area contributed by atoms with Gasteiger partial charge < -0.3 is 5.32 Å². The van der Waals surface area contributed by atoms with Gasteiger partial charge in [0.1, 0.15) is 0 Å². The second-order valence-corrected chi connectivity index (χ2v) is 11.1. The third-order valence-corrected chi connectivity index (χ3v) is 8.50. The van der Waals surface area contributed by atoms with Gasteiger partial charge in [0.05, 0.1) is 10.8 Å². The Morgan fingerprint density at radius 1 is 0.806 bits per heavy atom. The molecule has 6 heteroatoms. The number of sulfonamides is 1. The van der Waals surface area contributed by atoms with Crippen LogP contribution in [-0.4, -0.2) is 25.2 Å². The maximum absolute atomic E-state index is 13.5. The first kappa shape index (κ1) is 24.0. The van der Waals surface area contributed by atoms with Crippen LogP contribution in [0.1, 0.15) is 33.7 Å². The van der Waals surface area contributed by atoms with Crippen molar-refractivity contribution in [3.05, 3.63) is 131 Å². The van der Waals surface area contributed by atoms with Gasteiger partial charge in [0.2, 0.25) is 15.9 Å². The molecule has 0 saturated carbocycles. The summed E-state index contributed by atoms with van der Waals surface area (Å²) < 4.78 is 28.0. The Bertz CT molecular complexity index is 1430. The zero-order valence-corrected chi connectivity index (χ0v) is 20.9. The predicted molar refractivity (Wildman–Crippen MR) is 142 cm³/mol. The fourth-order valence-electron chi connectivity index (χ4n) is 4.67. The fraction of sp³-hybridized carbons (Fsp3) is 0.167. The summed E-state index contributed by atoms with van der Waals surface area (Å²) in [6.45, 7) is 2.64. The molecule has 0 aliphatic carbocycles. The van der Waals surface area contributed by atoms with E-state index in [4.69, 9.17) is 0 Å². The van der Waals surface area contributed by atoms with Crippen molar-refractivity contribution in [1.82, 2.24) is 4.31 Å². The molecule has 5 nitrogen and oxygen atoms in total. The third-order valence-electron chi connectivity index (χ3n) is 6.64. The Balaban J connectivity index is 1.39. The molecule has 1 aliphatic heterocycles. The van der Waals surface area contributed by atoms with Crippen LogP contribution in [0, 0.1) is 6.92 Å². The lowest BCUT2D eigenvalue weighted by molar-refractivity contribution is -0.116. The molecule has 1 amide bonds. The molecule has 0 saturated heterocycles. The lowest BCUT2D eigenvalue weighted by Crippen LogP contribution is -2.36. The number of hydrogen-bond acceptors (Lipinski definition) is 3. The molecule has 0 radical (unpaired) electrons. The smallest absolute Gasteiger partial charge is 0.243 e. The lowest BCUT2D eigenvalue weighted by atomic mass is 9.90. The second-order valence-electron chi connectivity index (χ2n) is 9.13. The molecule has 1 aliphatic rings. The van der Waals surface area contributed by atoms with Crippen molar-refractivity contribution in [3.8, 4) is 0 Å². The van der Waals surface area contributed by atoms with Crippen LogP contribution in [0.5, 0.6) is 0 Å². The number of anilines is 1. The van der Waals surface area contributed by atoms with Crippen LogP contribution in [0.25, 0.3) is 0 Å². The van der Waals surface area contributed by atoms with Gasteiger partial charge in [0, 0.05) is 18.8 Å². The summed E-state index contributed by atoms with van der Waals surface area (Å²) in [6, 6.07) is 32.1. The molecule has 1 heterocycles. The quantitative estimate of drug-likeness (QED) is 0.383. The van der Waals surface area contributed by atoms with Crippen molar-refractivity contribution in [2.75, 3.05) is 11.9 Å². The summed E-state index contributed by atoms with van der Waals surface area (Å²) in [5, 5.41) is 3.07. The van der Waals surface area contributed by atoms with Crippen LogP contribution in [0.2, 0.25) is 0 Å². The number of fused-ring (bicyclic) bond motifs is 1. The van der Waals surface area contributed by atoms with Crippen LogP contribution in [0.3, 0.4) is 0 Å². The van der Waals surface area contributed by atoms with Gasteiger partial charge in [0.25, 0.3) is 0 Å². The summed E-state index contributed by atoms with van der Waals surface area (Å²) in [5.41, 5.74) is 5.51. The zero-order chi connectivity index (χ0) is 25.1. The first-order valence-electron chi connectivity index (χ1n) is 12.0. The number of carbonyl (C=O) groups is 1. The molecular formula is C30H28N2O3S. The zero-order valence-electron chi connectivity index (χ0n) is 20.1. The fourth-order valence-corrected chi connectivity index (χ4v) is 6.09. The van der Waals surface area contributed by atoms with Gasteiger partial charge in [-0.1, -0.05) is 84.4 Å². The van der Waals surface area contributed by atoms with E-state index >= 15 is 0 Å². The molecule has 0 aromatic heterocycles. The van der Waals surface area contributed by atoms with E-state index in [1.54, 1.807) is 12.1 Å². The molecule has 0 atom stereocenters. The monoisotopic (exact) mass is 496 g/mol. The molecule has 5 rings (SSSR count). The maximum Gasteiger partial charge on any atom is 0.243 e. The number of benzene rings is 4. The summed E-state index contributed by atoms with van der Waals surface area (Å²) in [6.07, 6.45) is 0.630. The average Bonchev–Trinajstić information content (AvgIpc) is 2.90. The van der Waals surface area contributed by atoms with Crippen LogP contribution in [0.15, 0.2) is 108 Å². The van der Waals surface area contributed by atoms with Crippen molar-refractivity contribution in [1.29, 1.82) is 0 Å². The van der Waals surface area contributed by atoms with Crippen LogP contribution >= 0.6 is 0 Å². The summed E-state index contributed by atoms with van der Waals surface area (Å²) >= 11 is 0. The van der Waals surface area contributed by atoms with Gasteiger partial charge in [0.15, 0.2) is 0 Å². The lowest BCUT2D eigenvalue weighted by Gasteiger charge is -2.28. The highest BCUT2D eigenvalue weighted by Crippen LogP contribution is 2.29. The molecule has 4 aromatic rings. The van der Waals surface area contributed by atoms with Crippen LogP contribution in [0.4, 0.5) is 5.69 Å². The van der Waals surface area contributed by atoms with Gasteiger partial charge in [-0.25, -0.2) is 8.42 Å². The van der Waals surface area contributed by atoms with Gasteiger partial charge in [-0.05, 0) is 59.9 Å². The molecule has 4 aromatic carbocycles. The molecule has 182 valence electrons. The van der Waals surface area contributed by atoms with E-state index in [2.05, 4.69) is 5.32 Å². The predicted octanol–water partition coefficient (Wildman–Crippen LogP) is 5.51.